The number of aliphatic hydroxyl groups is 1. The number of ether oxygens (including phenoxy) is 1. The van der Waals surface area contributed by atoms with Crippen molar-refractivity contribution in [1.82, 2.24) is 4.98 Å². The molecule has 1 aromatic rings. The Bertz CT molecular complexity index is 740. The van der Waals surface area contributed by atoms with E-state index in [1.807, 2.05) is 6.08 Å². The minimum Gasteiger partial charge on any atom is -0.501 e. The van der Waals surface area contributed by atoms with Gasteiger partial charge < -0.3 is 15.2 Å². The summed E-state index contributed by atoms with van der Waals surface area (Å²) in [5, 5.41) is 13.3. The largest absolute Gasteiger partial charge is 0.501 e. The zero-order chi connectivity index (χ0) is 18.2. The van der Waals surface area contributed by atoms with Gasteiger partial charge in [-0.3, -0.25) is 4.99 Å². The van der Waals surface area contributed by atoms with Gasteiger partial charge in [0.25, 0.3) is 0 Å². The third-order valence-corrected chi connectivity index (χ3v) is 4.32. The fourth-order valence-electron chi connectivity index (χ4n) is 2.43. The summed E-state index contributed by atoms with van der Waals surface area (Å²) >= 11 is 1.62. The first kappa shape index (κ1) is 19.1. The molecule has 6 heteroatoms. The minimum absolute atomic E-state index is 0.374. The molecular weight excluding hydrogens is 334 g/mol. The van der Waals surface area contributed by atoms with Gasteiger partial charge in [-0.1, -0.05) is 24.3 Å². The highest BCUT2D eigenvalue weighted by atomic mass is 32.1. The van der Waals surface area contributed by atoms with E-state index in [4.69, 9.17) is 14.8 Å². The van der Waals surface area contributed by atoms with E-state index in [9.17, 15) is 0 Å². The van der Waals surface area contributed by atoms with E-state index in [1.54, 1.807) is 18.4 Å². The number of aliphatic hydroxyl groups excluding tert-OH is 1. The molecule has 0 saturated carbocycles. The second kappa shape index (κ2) is 9.34. The number of rotatable bonds is 4. The summed E-state index contributed by atoms with van der Waals surface area (Å²) in [7, 11) is 2.70. The second-order valence-electron chi connectivity index (χ2n) is 5.76. The second-order valence-corrected chi connectivity index (χ2v) is 6.62. The van der Waals surface area contributed by atoms with Crippen LogP contribution >= 0.6 is 11.3 Å². The molecule has 0 spiro atoms. The van der Waals surface area contributed by atoms with E-state index in [2.05, 4.69) is 53.8 Å². The molecule has 2 aliphatic rings. The molecule has 1 aliphatic heterocycles. The molecule has 25 heavy (non-hydrogen) atoms. The van der Waals surface area contributed by atoms with Crippen molar-refractivity contribution in [3.63, 3.8) is 0 Å². The Hall–Kier alpha value is -2.18. The third kappa shape index (κ3) is 5.14. The molecule has 5 nitrogen and oxygen atoms in total. The van der Waals surface area contributed by atoms with Crippen LogP contribution in [0.3, 0.4) is 0 Å². The van der Waals surface area contributed by atoms with Crippen LogP contribution in [0.1, 0.15) is 32.4 Å². The van der Waals surface area contributed by atoms with Crippen molar-refractivity contribution >= 4 is 22.2 Å². The number of allylic oxidation sites excluding steroid dienone is 6. The summed E-state index contributed by atoms with van der Waals surface area (Å²) < 4.78 is 5.41. The quantitative estimate of drug-likeness (QED) is 0.850. The molecule has 1 aromatic heterocycles. The van der Waals surface area contributed by atoms with Gasteiger partial charge in [0.1, 0.15) is 5.76 Å². The fourth-order valence-corrected chi connectivity index (χ4v) is 3.30. The molecule has 0 aromatic carbocycles. The van der Waals surface area contributed by atoms with Crippen LogP contribution in [-0.2, 0) is 4.74 Å². The first-order valence-corrected chi connectivity index (χ1v) is 9.10. The molecule has 134 valence electrons. The molecule has 0 atom stereocenters. The molecule has 1 aliphatic carbocycles. The monoisotopic (exact) mass is 359 g/mol. The van der Waals surface area contributed by atoms with Gasteiger partial charge in [0.15, 0.2) is 5.13 Å². The maximum Gasteiger partial charge on any atom is 0.183 e. The van der Waals surface area contributed by atoms with Gasteiger partial charge >= 0.3 is 0 Å². The van der Waals surface area contributed by atoms with E-state index in [0.29, 0.717) is 6.04 Å². The Balaban J connectivity index is 0.00000109. The predicted octanol–water partition coefficient (Wildman–Crippen LogP) is 4.07. The predicted molar refractivity (Wildman–Crippen MR) is 105 cm³/mol. The number of nitrogens with one attached hydrogen (secondary N) is 1. The van der Waals surface area contributed by atoms with Crippen LogP contribution in [0.4, 0.5) is 5.13 Å². The van der Waals surface area contributed by atoms with Crippen molar-refractivity contribution in [2.24, 2.45) is 4.99 Å². The van der Waals surface area contributed by atoms with Gasteiger partial charge in [-0.25, -0.2) is 4.98 Å². The Labute approximate surface area is 153 Å². The van der Waals surface area contributed by atoms with Crippen molar-refractivity contribution in [2.45, 2.75) is 32.7 Å². The van der Waals surface area contributed by atoms with Crippen LogP contribution in [0.25, 0.3) is 0 Å². The maximum absolute atomic E-state index is 7.00. The van der Waals surface area contributed by atoms with Crippen LogP contribution < -0.4 is 5.32 Å². The molecule has 0 saturated heterocycles. The zero-order valence-corrected chi connectivity index (χ0v) is 15.9. The fraction of sp³-hybridized carbons (Fsp3) is 0.368. The Kier molecular flexibility index (Phi) is 7.16. The maximum atomic E-state index is 7.00. The number of nitrogens with zero attached hydrogens (tertiary/aromatic N) is 2. The first-order valence-electron chi connectivity index (χ1n) is 8.22. The molecule has 0 unspecified atom stereocenters. The average molecular weight is 359 g/mol. The normalized spacial score (nSPS) is 16.2. The van der Waals surface area contributed by atoms with Crippen molar-refractivity contribution in [3.05, 3.63) is 58.5 Å². The lowest BCUT2D eigenvalue weighted by atomic mass is 10.2. The Morgan fingerprint density at radius 1 is 1.20 bits per heavy atom. The van der Waals surface area contributed by atoms with Crippen LogP contribution in [0, 0.1) is 0 Å². The van der Waals surface area contributed by atoms with Gasteiger partial charge in [0.2, 0.25) is 0 Å². The molecule has 2 N–H and O–H groups in total. The summed E-state index contributed by atoms with van der Waals surface area (Å²) in [5.74, 6) is 0.921. The SMILES string of the molecule is CO.COC1=CC2=C(C=CC1)C=CCC(c1csc(NC(C)C)n1)=N2. The van der Waals surface area contributed by atoms with Gasteiger partial charge in [-0.2, -0.15) is 0 Å². The topological polar surface area (TPSA) is 66.7 Å². The van der Waals surface area contributed by atoms with Gasteiger partial charge in [-0.05, 0) is 19.4 Å². The molecule has 0 amide bonds. The van der Waals surface area contributed by atoms with Crippen LogP contribution in [0.15, 0.2) is 57.8 Å². The van der Waals surface area contributed by atoms with Gasteiger partial charge in [-0.15, -0.1) is 11.3 Å². The molecule has 0 bridgehead atoms. The molecule has 0 radical (unpaired) electrons. The summed E-state index contributed by atoms with van der Waals surface area (Å²) in [6.07, 6.45) is 12.1. The lowest BCUT2D eigenvalue weighted by Gasteiger charge is -2.05. The summed E-state index contributed by atoms with van der Waals surface area (Å²) in [6, 6.07) is 0.374. The summed E-state index contributed by atoms with van der Waals surface area (Å²) in [6.45, 7) is 4.22. The van der Waals surface area contributed by atoms with Crippen LogP contribution in [0.5, 0.6) is 0 Å². The number of hydrogen-bond donors (Lipinski definition) is 2. The summed E-state index contributed by atoms with van der Waals surface area (Å²) in [4.78, 5) is 9.53. The van der Waals surface area contributed by atoms with Gasteiger partial charge in [0, 0.05) is 37.4 Å². The third-order valence-electron chi connectivity index (χ3n) is 3.55. The lowest BCUT2D eigenvalue weighted by molar-refractivity contribution is 0.285. The summed E-state index contributed by atoms with van der Waals surface area (Å²) in [5.41, 5.74) is 3.98. The lowest BCUT2D eigenvalue weighted by Crippen LogP contribution is -2.09. The smallest absolute Gasteiger partial charge is 0.183 e. The minimum atomic E-state index is 0.374. The van der Waals surface area contributed by atoms with E-state index in [-0.39, 0.29) is 0 Å². The van der Waals surface area contributed by atoms with Crippen LogP contribution in [-0.4, -0.2) is 36.1 Å². The Morgan fingerprint density at radius 2 is 1.92 bits per heavy atom. The highest BCUT2D eigenvalue weighted by Crippen LogP contribution is 2.25. The van der Waals surface area contributed by atoms with Crippen molar-refractivity contribution in [2.75, 3.05) is 19.5 Å². The van der Waals surface area contributed by atoms with Crippen molar-refractivity contribution < 1.29 is 9.84 Å². The van der Waals surface area contributed by atoms with E-state index in [1.165, 1.54) is 0 Å². The highest BCUT2D eigenvalue weighted by Gasteiger charge is 2.14. The number of hydrogen-bond acceptors (Lipinski definition) is 6. The Morgan fingerprint density at radius 3 is 2.60 bits per heavy atom. The number of methoxy groups -OCH3 is 1. The van der Waals surface area contributed by atoms with E-state index < -0.39 is 0 Å². The number of thiazole rings is 1. The zero-order valence-electron chi connectivity index (χ0n) is 15.1. The molecule has 0 fully saturated rings. The highest BCUT2D eigenvalue weighted by molar-refractivity contribution is 7.13. The first-order chi connectivity index (χ1) is 12.2. The average Bonchev–Trinajstić information content (AvgIpc) is 2.85. The van der Waals surface area contributed by atoms with E-state index >= 15 is 0 Å². The molecular formula is C19H25N3O2S. The van der Waals surface area contributed by atoms with Crippen molar-refractivity contribution in [1.29, 1.82) is 0 Å². The van der Waals surface area contributed by atoms with Gasteiger partial charge in [0.05, 0.1) is 24.2 Å². The number of aliphatic imine (C=N–C) groups is 1. The van der Waals surface area contributed by atoms with Crippen LogP contribution in [0.2, 0.25) is 0 Å². The standard InChI is InChI=1S/C18H21N3OS.CH4O/c1-12(2)19-18-21-17(11-23-18)15-9-5-7-13-6-4-8-14(22-3)10-16(13)20-15;1-2/h4-7,10-12H,8-9H2,1-3H3,(H,19,21);2H,1H3. The van der Waals surface area contributed by atoms with Crippen molar-refractivity contribution in [3.8, 4) is 0 Å². The molecule has 3 rings (SSSR count). The number of aromatic nitrogens is 1. The molecule has 2 heterocycles. The number of anilines is 1. The van der Waals surface area contributed by atoms with E-state index in [0.717, 1.165) is 53.5 Å².